The third-order valence-corrected chi connectivity index (χ3v) is 2.22. The van der Waals surface area contributed by atoms with Crippen LogP contribution in [0, 0.1) is 0 Å². The first-order valence-corrected chi connectivity index (χ1v) is 4.24. The van der Waals surface area contributed by atoms with Crippen molar-refractivity contribution in [1.29, 1.82) is 0 Å². The van der Waals surface area contributed by atoms with E-state index in [1.54, 1.807) is 6.07 Å². The maximum Gasteiger partial charge on any atom is 0.203 e. The second kappa shape index (κ2) is 2.76. The van der Waals surface area contributed by atoms with E-state index in [0.717, 1.165) is 5.56 Å². The number of hydrogen-bond donors (Lipinski definition) is 1. The number of aryl methyl sites for hydroxylation is 1. The van der Waals surface area contributed by atoms with Gasteiger partial charge < -0.3 is 9.84 Å². The molecular weight excluding hydrogens is 168 g/mol. The zero-order valence-corrected chi connectivity index (χ0v) is 7.33. The number of ketones is 1. The van der Waals surface area contributed by atoms with Crippen molar-refractivity contribution in [2.75, 3.05) is 6.61 Å². The Hall–Kier alpha value is -1.51. The number of fused-ring (bicyclic) bond motifs is 1. The lowest BCUT2D eigenvalue weighted by Gasteiger charge is -2.03. The summed E-state index contributed by atoms with van der Waals surface area (Å²) in [7, 11) is 0. The summed E-state index contributed by atoms with van der Waals surface area (Å²) in [4.78, 5) is 11.2. The van der Waals surface area contributed by atoms with Crippen LogP contribution >= 0.6 is 0 Å². The summed E-state index contributed by atoms with van der Waals surface area (Å²) in [6, 6.07) is 3.22. The highest BCUT2D eigenvalue weighted by Gasteiger charge is 2.22. The molecule has 0 spiro atoms. The fourth-order valence-electron chi connectivity index (χ4n) is 1.46. The number of aromatic hydroxyl groups is 1. The van der Waals surface area contributed by atoms with Crippen molar-refractivity contribution in [3.63, 3.8) is 0 Å². The van der Waals surface area contributed by atoms with Crippen molar-refractivity contribution in [3.8, 4) is 11.5 Å². The van der Waals surface area contributed by atoms with Crippen LogP contribution in [0.1, 0.15) is 22.8 Å². The number of rotatable bonds is 1. The van der Waals surface area contributed by atoms with Crippen LogP contribution in [-0.2, 0) is 6.42 Å². The summed E-state index contributed by atoms with van der Waals surface area (Å²) in [5, 5.41) is 9.47. The first-order chi connectivity index (χ1) is 6.22. The van der Waals surface area contributed by atoms with E-state index in [1.807, 2.05) is 6.92 Å². The van der Waals surface area contributed by atoms with Crippen LogP contribution in [0.25, 0.3) is 0 Å². The van der Waals surface area contributed by atoms with E-state index >= 15 is 0 Å². The van der Waals surface area contributed by atoms with Gasteiger partial charge in [-0.15, -0.1) is 0 Å². The molecule has 0 amide bonds. The molecule has 1 heterocycles. The average Bonchev–Trinajstić information content (AvgIpc) is 2.46. The number of phenolic OH excluding ortho intramolecular Hbond substituents is 1. The van der Waals surface area contributed by atoms with Gasteiger partial charge in [0.05, 0.1) is 5.56 Å². The minimum Gasteiger partial charge on any atom is -0.508 e. The van der Waals surface area contributed by atoms with E-state index in [0.29, 0.717) is 17.7 Å². The van der Waals surface area contributed by atoms with Crippen LogP contribution in [0.3, 0.4) is 0 Å². The number of benzene rings is 1. The summed E-state index contributed by atoms with van der Waals surface area (Å²) >= 11 is 0. The Morgan fingerprint density at radius 3 is 3.00 bits per heavy atom. The molecule has 68 valence electrons. The summed E-state index contributed by atoms with van der Waals surface area (Å²) < 4.78 is 5.08. The molecule has 1 N–H and O–H groups in total. The molecule has 3 heteroatoms. The number of Topliss-reactive ketones (excluding diaryl/α,β-unsaturated/α-hetero) is 1. The molecule has 1 aliphatic rings. The Kier molecular flexibility index (Phi) is 1.72. The number of carbonyl (C=O) groups is 1. The Balaban J connectivity index is 2.57. The van der Waals surface area contributed by atoms with E-state index in [9.17, 15) is 9.90 Å². The fraction of sp³-hybridized carbons (Fsp3) is 0.300. The lowest BCUT2D eigenvalue weighted by molar-refractivity contribution is 0.0961. The van der Waals surface area contributed by atoms with Gasteiger partial charge >= 0.3 is 0 Å². The molecule has 0 fully saturated rings. The maximum atomic E-state index is 11.2. The Bertz CT molecular complexity index is 369. The van der Waals surface area contributed by atoms with Crippen LogP contribution in [0.2, 0.25) is 0 Å². The summed E-state index contributed by atoms with van der Waals surface area (Å²) in [6.07, 6.45) is 0.715. The molecule has 1 aliphatic heterocycles. The first kappa shape index (κ1) is 8.10. The van der Waals surface area contributed by atoms with Gasteiger partial charge in [-0.3, -0.25) is 4.79 Å². The van der Waals surface area contributed by atoms with E-state index in [2.05, 4.69) is 0 Å². The topological polar surface area (TPSA) is 46.5 Å². The molecule has 0 bridgehead atoms. The molecule has 1 aromatic rings. The molecule has 0 atom stereocenters. The molecule has 1 aromatic carbocycles. The normalized spacial score (nSPS) is 14.1. The Morgan fingerprint density at radius 2 is 2.31 bits per heavy atom. The van der Waals surface area contributed by atoms with Gasteiger partial charge in [-0.25, -0.2) is 0 Å². The van der Waals surface area contributed by atoms with Gasteiger partial charge in [0, 0.05) is 6.07 Å². The van der Waals surface area contributed by atoms with Crippen molar-refractivity contribution in [2.45, 2.75) is 13.3 Å². The van der Waals surface area contributed by atoms with E-state index in [-0.39, 0.29) is 18.1 Å². The molecule has 2 rings (SSSR count). The molecule has 3 nitrogen and oxygen atoms in total. The third-order valence-electron chi connectivity index (χ3n) is 2.22. The van der Waals surface area contributed by atoms with Gasteiger partial charge in [0.15, 0.2) is 6.61 Å². The predicted molar refractivity (Wildman–Crippen MR) is 47.3 cm³/mol. The zero-order chi connectivity index (χ0) is 9.42. The van der Waals surface area contributed by atoms with E-state index in [4.69, 9.17) is 4.74 Å². The highest BCUT2D eigenvalue weighted by molar-refractivity contribution is 6.02. The zero-order valence-electron chi connectivity index (χ0n) is 7.33. The number of hydrogen-bond acceptors (Lipinski definition) is 3. The standard InChI is InChI=1S/C10H10O3/c1-2-6-3-7-9(12)5-13-10(7)4-8(6)11/h3-4,11H,2,5H2,1H3. The lowest BCUT2D eigenvalue weighted by atomic mass is 10.1. The fourth-order valence-corrected chi connectivity index (χ4v) is 1.46. The monoisotopic (exact) mass is 178 g/mol. The molecular formula is C10H10O3. The van der Waals surface area contributed by atoms with Crippen LogP contribution < -0.4 is 4.74 Å². The minimum absolute atomic E-state index is 0.00954. The smallest absolute Gasteiger partial charge is 0.203 e. The van der Waals surface area contributed by atoms with Crippen molar-refractivity contribution < 1.29 is 14.6 Å². The van der Waals surface area contributed by atoms with Crippen LogP contribution in [-0.4, -0.2) is 17.5 Å². The summed E-state index contributed by atoms with van der Waals surface area (Å²) in [5.41, 5.74) is 1.38. The average molecular weight is 178 g/mol. The lowest BCUT2D eigenvalue weighted by Crippen LogP contribution is -1.99. The summed E-state index contributed by atoms with van der Waals surface area (Å²) in [5.74, 6) is 0.695. The third kappa shape index (κ3) is 1.16. The van der Waals surface area contributed by atoms with Gasteiger partial charge in [-0.2, -0.15) is 0 Å². The van der Waals surface area contributed by atoms with Crippen LogP contribution in [0.4, 0.5) is 0 Å². The Labute approximate surface area is 76.0 Å². The van der Waals surface area contributed by atoms with Crippen molar-refractivity contribution in [1.82, 2.24) is 0 Å². The molecule has 0 radical (unpaired) electrons. The molecule has 0 saturated heterocycles. The van der Waals surface area contributed by atoms with E-state index < -0.39 is 0 Å². The van der Waals surface area contributed by atoms with Gasteiger partial charge in [0.25, 0.3) is 0 Å². The van der Waals surface area contributed by atoms with Crippen LogP contribution in [0.15, 0.2) is 12.1 Å². The maximum absolute atomic E-state index is 11.2. The predicted octanol–water partition coefficient (Wildman–Crippen LogP) is 1.53. The molecule has 0 saturated carbocycles. The van der Waals surface area contributed by atoms with Crippen molar-refractivity contribution >= 4 is 5.78 Å². The number of carbonyl (C=O) groups excluding carboxylic acids is 1. The SMILES string of the molecule is CCc1cc2c(cc1O)OCC2=O. The van der Waals surface area contributed by atoms with E-state index in [1.165, 1.54) is 6.07 Å². The second-order valence-corrected chi connectivity index (χ2v) is 3.04. The number of phenols is 1. The second-order valence-electron chi connectivity index (χ2n) is 3.04. The molecule has 13 heavy (non-hydrogen) atoms. The molecule has 0 aromatic heterocycles. The quantitative estimate of drug-likeness (QED) is 0.709. The van der Waals surface area contributed by atoms with Gasteiger partial charge in [0.2, 0.25) is 5.78 Å². The first-order valence-electron chi connectivity index (χ1n) is 4.24. The molecule has 0 unspecified atom stereocenters. The van der Waals surface area contributed by atoms with Gasteiger partial charge in [-0.1, -0.05) is 6.92 Å². The largest absolute Gasteiger partial charge is 0.508 e. The highest BCUT2D eigenvalue weighted by atomic mass is 16.5. The molecule has 0 aliphatic carbocycles. The van der Waals surface area contributed by atoms with Crippen LogP contribution in [0.5, 0.6) is 11.5 Å². The highest BCUT2D eigenvalue weighted by Crippen LogP contribution is 2.32. The van der Waals surface area contributed by atoms with Crippen molar-refractivity contribution in [3.05, 3.63) is 23.3 Å². The summed E-state index contributed by atoms with van der Waals surface area (Å²) in [6.45, 7) is 2.03. The van der Waals surface area contributed by atoms with Gasteiger partial charge in [0.1, 0.15) is 11.5 Å². The van der Waals surface area contributed by atoms with Gasteiger partial charge in [-0.05, 0) is 18.1 Å². The van der Waals surface area contributed by atoms with Crippen molar-refractivity contribution in [2.24, 2.45) is 0 Å². The minimum atomic E-state index is -0.00954. The Morgan fingerprint density at radius 1 is 1.54 bits per heavy atom. The number of ether oxygens (including phenoxy) is 1.